The van der Waals surface area contributed by atoms with E-state index in [4.69, 9.17) is 4.99 Å². The van der Waals surface area contributed by atoms with Crippen LogP contribution in [0.15, 0.2) is 89.9 Å². The van der Waals surface area contributed by atoms with Crippen LogP contribution in [0.2, 0.25) is 0 Å². The first-order valence-corrected chi connectivity index (χ1v) is 8.91. The van der Waals surface area contributed by atoms with E-state index >= 15 is 0 Å². The molecule has 0 amide bonds. The van der Waals surface area contributed by atoms with Crippen LogP contribution in [0.1, 0.15) is 30.5 Å². The molecule has 0 aromatic heterocycles. The highest BCUT2D eigenvalue weighted by Crippen LogP contribution is 2.40. The lowest BCUT2D eigenvalue weighted by molar-refractivity contribution is 0.652. The Morgan fingerprint density at radius 1 is 0.840 bits per heavy atom. The van der Waals surface area contributed by atoms with Gasteiger partial charge in [0.15, 0.2) is 0 Å². The highest BCUT2D eigenvalue weighted by atomic mass is 15.3. The number of aryl methyl sites for hydroxylation is 1. The van der Waals surface area contributed by atoms with Gasteiger partial charge in [-0.2, -0.15) is 0 Å². The molecule has 4 rings (SSSR count). The lowest BCUT2D eigenvalue weighted by Gasteiger charge is -2.44. The van der Waals surface area contributed by atoms with E-state index in [-0.39, 0.29) is 0 Å². The molecule has 0 N–H and O–H groups in total. The largest absolute Gasteiger partial charge is 0.322 e. The van der Waals surface area contributed by atoms with Crippen molar-refractivity contribution in [2.24, 2.45) is 4.99 Å². The molecule has 124 valence electrons. The van der Waals surface area contributed by atoms with Crippen molar-refractivity contribution in [1.82, 2.24) is 0 Å². The van der Waals surface area contributed by atoms with Crippen LogP contribution in [-0.4, -0.2) is 5.84 Å². The predicted octanol–water partition coefficient (Wildman–Crippen LogP) is 5.93. The Labute approximate surface area is 149 Å². The van der Waals surface area contributed by atoms with E-state index in [0.29, 0.717) is 6.04 Å². The van der Waals surface area contributed by atoms with E-state index in [9.17, 15) is 0 Å². The molecule has 1 fully saturated rings. The van der Waals surface area contributed by atoms with Gasteiger partial charge in [0.2, 0.25) is 0 Å². The fourth-order valence-corrected chi connectivity index (χ4v) is 3.34. The van der Waals surface area contributed by atoms with Crippen molar-refractivity contribution in [1.29, 1.82) is 0 Å². The third kappa shape index (κ3) is 3.20. The molecule has 1 aliphatic rings. The second-order valence-electron chi connectivity index (χ2n) is 6.38. The molecule has 0 bridgehead atoms. The monoisotopic (exact) mass is 326 g/mol. The molecule has 0 radical (unpaired) electrons. The fourth-order valence-electron chi connectivity index (χ4n) is 3.34. The molecule has 1 heterocycles. The van der Waals surface area contributed by atoms with Gasteiger partial charge in [-0.1, -0.05) is 67.6 Å². The van der Waals surface area contributed by atoms with E-state index in [1.54, 1.807) is 0 Å². The number of hydrogen-bond acceptors (Lipinski definition) is 1. The molecule has 0 spiro atoms. The first-order valence-electron chi connectivity index (χ1n) is 8.91. The first-order chi connectivity index (χ1) is 12.3. The molecular formula is C23H22N2. The third-order valence-corrected chi connectivity index (χ3v) is 4.79. The Balaban J connectivity index is 1.67. The summed E-state index contributed by atoms with van der Waals surface area (Å²) in [5.41, 5.74) is 4.95. The second kappa shape index (κ2) is 6.94. The summed E-state index contributed by atoms with van der Waals surface area (Å²) in [6.07, 6.45) is 2.04. The molecule has 0 aliphatic carbocycles. The molecule has 2 heteroatoms. The van der Waals surface area contributed by atoms with Crippen LogP contribution in [0.25, 0.3) is 0 Å². The molecule has 25 heavy (non-hydrogen) atoms. The van der Waals surface area contributed by atoms with Crippen LogP contribution in [0.5, 0.6) is 0 Å². The van der Waals surface area contributed by atoms with E-state index in [2.05, 4.69) is 78.6 Å². The molecule has 1 atom stereocenters. The minimum absolute atomic E-state index is 0.357. The van der Waals surface area contributed by atoms with Gasteiger partial charge in [-0.15, -0.1) is 0 Å². The predicted molar refractivity (Wildman–Crippen MR) is 106 cm³/mol. The Morgan fingerprint density at radius 2 is 1.48 bits per heavy atom. The van der Waals surface area contributed by atoms with E-state index in [1.807, 2.05) is 18.2 Å². The minimum Gasteiger partial charge on any atom is -0.322 e. The molecule has 3 aromatic carbocycles. The van der Waals surface area contributed by atoms with Gasteiger partial charge < -0.3 is 4.90 Å². The number of nitrogens with zero attached hydrogens (tertiary/aromatic N) is 2. The molecule has 2 nitrogen and oxygen atoms in total. The van der Waals surface area contributed by atoms with Crippen molar-refractivity contribution in [2.75, 3.05) is 4.90 Å². The SMILES string of the molecule is CCc1ccc(C2C/C(=N\c3ccccc3)N2c2ccccc2)cc1. The zero-order valence-corrected chi connectivity index (χ0v) is 14.5. The van der Waals surface area contributed by atoms with Gasteiger partial charge in [-0.3, -0.25) is 0 Å². The minimum atomic E-state index is 0.357. The number of para-hydroxylation sites is 2. The quantitative estimate of drug-likeness (QED) is 0.580. The number of hydrogen-bond donors (Lipinski definition) is 0. The molecule has 1 unspecified atom stereocenters. The normalized spacial score (nSPS) is 18.2. The van der Waals surface area contributed by atoms with Crippen molar-refractivity contribution >= 4 is 17.2 Å². The van der Waals surface area contributed by atoms with Gasteiger partial charge in [-0.25, -0.2) is 4.99 Å². The maximum Gasteiger partial charge on any atom is 0.112 e. The van der Waals surface area contributed by atoms with Crippen LogP contribution in [0, 0.1) is 0 Å². The van der Waals surface area contributed by atoms with Crippen LogP contribution in [0.3, 0.4) is 0 Å². The van der Waals surface area contributed by atoms with Gasteiger partial charge >= 0.3 is 0 Å². The number of aliphatic imine (C=N–C) groups is 1. The van der Waals surface area contributed by atoms with Gasteiger partial charge in [-0.05, 0) is 41.8 Å². The van der Waals surface area contributed by atoms with Crippen LogP contribution >= 0.6 is 0 Å². The zero-order chi connectivity index (χ0) is 17.1. The Morgan fingerprint density at radius 3 is 2.12 bits per heavy atom. The summed E-state index contributed by atoms with van der Waals surface area (Å²) in [4.78, 5) is 7.23. The summed E-state index contributed by atoms with van der Waals surface area (Å²) in [5, 5.41) is 0. The van der Waals surface area contributed by atoms with Gasteiger partial charge in [0.05, 0.1) is 11.7 Å². The molecule has 1 aliphatic heterocycles. The summed E-state index contributed by atoms with van der Waals surface area (Å²) in [7, 11) is 0. The fraction of sp³-hybridized carbons (Fsp3) is 0.174. The van der Waals surface area contributed by atoms with Crippen molar-refractivity contribution in [3.63, 3.8) is 0 Å². The van der Waals surface area contributed by atoms with Crippen molar-refractivity contribution < 1.29 is 0 Å². The number of amidine groups is 1. The average molecular weight is 326 g/mol. The molecule has 1 saturated heterocycles. The van der Waals surface area contributed by atoms with Gasteiger partial charge in [0.1, 0.15) is 5.84 Å². The highest BCUT2D eigenvalue weighted by Gasteiger charge is 2.36. The summed E-state index contributed by atoms with van der Waals surface area (Å²) in [6, 6.07) is 30.1. The summed E-state index contributed by atoms with van der Waals surface area (Å²) in [6.45, 7) is 2.19. The highest BCUT2D eigenvalue weighted by molar-refractivity contribution is 6.06. The van der Waals surface area contributed by atoms with Crippen molar-refractivity contribution in [2.45, 2.75) is 25.8 Å². The van der Waals surface area contributed by atoms with Gasteiger partial charge in [0, 0.05) is 12.1 Å². The van der Waals surface area contributed by atoms with Crippen LogP contribution < -0.4 is 4.90 Å². The maximum atomic E-state index is 4.87. The second-order valence-corrected chi connectivity index (χ2v) is 6.38. The van der Waals surface area contributed by atoms with E-state index in [0.717, 1.165) is 24.4 Å². The van der Waals surface area contributed by atoms with Gasteiger partial charge in [0.25, 0.3) is 0 Å². The maximum absolute atomic E-state index is 4.87. The standard InChI is InChI=1S/C23H22N2/c1-2-18-13-15-19(16-14-18)22-17-23(24-20-9-5-3-6-10-20)25(22)21-11-7-4-8-12-21/h3-16,22H,2,17H2,1H3/b24-23+. The average Bonchev–Trinajstić information content (AvgIpc) is 2.67. The van der Waals surface area contributed by atoms with E-state index < -0.39 is 0 Å². The van der Waals surface area contributed by atoms with Crippen molar-refractivity contribution in [3.8, 4) is 0 Å². The summed E-state index contributed by atoms with van der Waals surface area (Å²) >= 11 is 0. The van der Waals surface area contributed by atoms with Crippen LogP contribution in [0.4, 0.5) is 11.4 Å². The molecule has 3 aromatic rings. The number of benzene rings is 3. The molecule has 0 saturated carbocycles. The third-order valence-electron chi connectivity index (χ3n) is 4.79. The van der Waals surface area contributed by atoms with E-state index in [1.165, 1.54) is 16.8 Å². The molecular weight excluding hydrogens is 304 g/mol. The lowest BCUT2D eigenvalue weighted by atomic mass is 9.91. The van der Waals surface area contributed by atoms with Crippen molar-refractivity contribution in [3.05, 3.63) is 96.1 Å². The Bertz CT molecular complexity index is 852. The lowest BCUT2D eigenvalue weighted by Crippen LogP contribution is -2.46. The first kappa shape index (κ1) is 15.6. The number of anilines is 1. The Kier molecular flexibility index (Phi) is 4.34. The topological polar surface area (TPSA) is 15.6 Å². The van der Waals surface area contributed by atoms with Crippen LogP contribution in [-0.2, 0) is 6.42 Å². The number of rotatable bonds is 4. The summed E-state index contributed by atoms with van der Waals surface area (Å²) in [5.74, 6) is 1.13. The Hall–Kier alpha value is -2.87. The zero-order valence-electron chi connectivity index (χ0n) is 14.5. The smallest absolute Gasteiger partial charge is 0.112 e. The summed E-state index contributed by atoms with van der Waals surface area (Å²) < 4.78 is 0.